The molecule has 0 atom stereocenters. The van der Waals surface area contributed by atoms with Crippen LogP contribution in [-0.2, 0) is 6.42 Å². The third-order valence-corrected chi connectivity index (χ3v) is 3.23. The van der Waals surface area contributed by atoms with Crippen molar-refractivity contribution in [3.05, 3.63) is 23.8 Å². The van der Waals surface area contributed by atoms with Gasteiger partial charge >= 0.3 is 0 Å². The topological polar surface area (TPSA) is 41.5 Å². The molecule has 0 aliphatic carbocycles. The van der Waals surface area contributed by atoms with Crippen LogP contribution in [0.1, 0.15) is 18.4 Å². The van der Waals surface area contributed by atoms with Gasteiger partial charge in [0.05, 0.1) is 7.11 Å². The maximum absolute atomic E-state index is 9.49. The molecule has 0 amide bonds. The second kappa shape index (κ2) is 5.21. The molecule has 0 radical (unpaired) electrons. The Morgan fingerprint density at radius 3 is 2.81 bits per heavy atom. The molecule has 1 aliphatic heterocycles. The zero-order valence-corrected chi connectivity index (χ0v) is 9.70. The molecule has 1 fully saturated rings. The van der Waals surface area contributed by atoms with Crippen molar-refractivity contribution >= 4 is 0 Å². The van der Waals surface area contributed by atoms with Gasteiger partial charge in [0.1, 0.15) is 11.5 Å². The number of phenols is 1. The van der Waals surface area contributed by atoms with Crippen LogP contribution in [0.25, 0.3) is 0 Å². The van der Waals surface area contributed by atoms with Crippen molar-refractivity contribution in [1.29, 1.82) is 0 Å². The summed E-state index contributed by atoms with van der Waals surface area (Å²) in [4.78, 5) is 0. The number of ether oxygens (including phenoxy) is 1. The van der Waals surface area contributed by atoms with Crippen LogP contribution in [0.4, 0.5) is 0 Å². The number of aromatic hydroxyl groups is 1. The zero-order chi connectivity index (χ0) is 11.4. The number of hydrogen-bond donors (Lipinski definition) is 2. The number of benzene rings is 1. The van der Waals surface area contributed by atoms with Crippen molar-refractivity contribution in [2.24, 2.45) is 5.92 Å². The SMILES string of the molecule is COc1ccc(O)cc1CC1CCNCC1. The summed E-state index contributed by atoms with van der Waals surface area (Å²) in [7, 11) is 1.68. The summed E-state index contributed by atoms with van der Waals surface area (Å²) < 4.78 is 5.32. The molecule has 0 saturated carbocycles. The van der Waals surface area contributed by atoms with Gasteiger partial charge in [0.2, 0.25) is 0 Å². The van der Waals surface area contributed by atoms with Crippen LogP contribution in [-0.4, -0.2) is 25.3 Å². The molecule has 1 heterocycles. The molecule has 1 aromatic carbocycles. The van der Waals surface area contributed by atoms with E-state index in [0.717, 1.165) is 30.8 Å². The number of phenolic OH excluding ortho intramolecular Hbond substituents is 1. The predicted molar refractivity (Wildman–Crippen MR) is 64.0 cm³/mol. The van der Waals surface area contributed by atoms with Crippen molar-refractivity contribution in [3.63, 3.8) is 0 Å². The maximum atomic E-state index is 9.49. The molecule has 1 aliphatic rings. The highest BCUT2D eigenvalue weighted by molar-refractivity contribution is 5.39. The van der Waals surface area contributed by atoms with E-state index >= 15 is 0 Å². The standard InChI is InChI=1S/C13H19NO2/c1-16-13-3-2-12(15)9-11(13)8-10-4-6-14-7-5-10/h2-3,9-10,14-15H,4-8H2,1H3. The van der Waals surface area contributed by atoms with Gasteiger partial charge in [-0.25, -0.2) is 0 Å². The number of rotatable bonds is 3. The fraction of sp³-hybridized carbons (Fsp3) is 0.538. The highest BCUT2D eigenvalue weighted by atomic mass is 16.5. The first-order chi connectivity index (χ1) is 7.79. The fourth-order valence-electron chi connectivity index (χ4n) is 2.32. The molecule has 1 aromatic rings. The van der Waals surface area contributed by atoms with Gasteiger partial charge in [-0.2, -0.15) is 0 Å². The summed E-state index contributed by atoms with van der Waals surface area (Å²) in [6.07, 6.45) is 3.41. The Labute approximate surface area is 96.4 Å². The van der Waals surface area contributed by atoms with Crippen LogP contribution < -0.4 is 10.1 Å². The number of hydrogen-bond acceptors (Lipinski definition) is 3. The maximum Gasteiger partial charge on any atom is 0.122 e. The zero-order valence-electron chi connectivity index (χ0n) is 9.70. The van der Waals surface area contributed by atoms with Gasteiger partial charge in [0, 0.05) is 0 Å². The van der Waals surface area contributed by atoms with E-state index in [4.69, 9.17) is 4.74 Å². The summed E-state index contributed by atoms with van der Waals surface area (Å²) in [5, 5.41) is 12.9. The highest BCUT2D eigenvalue weighted by Gasteiger charge is 2.15. The molecule has 3 heteroatoms. The van der Waals surface area contributed by atoms with E-state index in [0.29, 0.717) is 11.7 Å². The molecular formula is C13H19NO2. The van der Waals surface area contributed by atoms with E-state index in [9.17, 15) is 5.11 Å². The second-order valence-electron chi connectivity index (χ2n) is 4.39. The van der Waals surface area contributed by atoms with Crippen molar-refractivity contribution in [2.45, 2.75) is 19.3 Å². The summed E-state index contributed by atoms with van der Waals surface area (Å²) in [6.45, 7) is 2.21. The lowest BCUT2D eigenvalue weighted by molar-refractivity contribution is 0.360. The number of nitrogens with one attached hydrogen (secondary N) is 1. The van der Waals surface area contributed by atoms with Crippen LogP contribution in [0.15, 0.2) is 18.2 Å². The average molecular weight is 221 g/mol. The molecule has 2 rings (SSSR count). The van der Waals surface area contributed by atoms with Gasteiger partial charge in [-0.3, -0.25) is 0 Å². The molecular weight excluding hydrogens is 202 g/mol. The first-order valence-electron chi connectivity index (χ1n) is 5.86. The molecule has 88 valence electrons. The highest BCUT2D eigenvalue weighted by Crippen LogP contribution is 2.28. The minimum absolute atomic E-state index is 0.324. The summed E-state index contributed by atoms with van der Waals surface area (Å²) in [6, 6.07) is 5.33. The van der Waals surface area contributed by atoms with E-state index in [1.807, 2.05) is 12.1 Å². The molecule has 0 spiro atoms. The van der Waals surface area contributed by atoms with Crippen molar-refractivity contribution in [1.82, 2.24) is 5.32 Å². The Bertz CT molecular complexity index is 346. The summed E-state index contributed by atoms with van der Waals surface area (Å²) in [5.74, 6) is 1.91. The van der Waals surface area contributed by atoms with E-state index in [2.05, 4.69) is 5.32 Å². The Balaban J connectivity index is 2.09. The van der Waals surface area contributed by atoms with Crippen LogP contribution >= 0.6 is 0 Å². The molecule has 3 nitrogen and oxygen atoms in total. The van der Waals surface area contributed by atoms with Crippen LogP contribution in [0, 0.1) is 5.92 Å². The molecule has 0 bridgehead atoms. The molecule has 0 unspecified atom stereocenters. The minimum Gasteiger partial charge on any atom is -0.508 e. The van der Waals surface area contributed by atoms with E-state index in [-0.39, 0.29) is 0 Å². The molecule has 0 aromatic heterocycles. The van der Waals surface area contributed by atoms with Gasteiger partial charge in [-0.15, -0.1) is 0 Å². The Kier molecular flexibility index (Phi) is 3.67. The second-order valence-corrected chi connectivity index (χ2v) is 4.39. The first-order valence-corrected chi connectivity index (χ1v) is 5.86. The third-order valence-electron chi connectivity index (χ3n) is 3.23. The van der Waals surface area contributed by atoms with Crippen LogP contribution in [0.3, 0.4) is 0 Å². The molecule has 16 heavy (non-hydrogen) atoms. The van der Waals surface area contributed by atoms with Gasteiger partial charge in [0.15, 0.2) is 0 Å². The Hall–Kier alpha value is -1.22. The van der Waals surface area contributed by atoms with Crippen LogP contribution in [0.2, 0.25) is 0 Å². The number of piperidine rings is 1. The molecule has 1 saturated heterocycles. The van der Waals surface area contributed by atoms with Gasteiger partial charge in [-0.05, 0) is 62.0 Å². The van der Waals surface area contributed by atoms with Crippen LogP contribution in [0.5, 0.6) is 11.5 Å². The van der Waals surface area contributed by atoms with Gasteiger partial charge in [0.25, 0.3) is 0 Å². The fourth-order valence-corrected chi connectivity index (χ4v) is 2.32. The largest absolute Gasteiger partial charge is 0.508 e. The summed E-state index contributed by atoms with van der Waals surface area (Å²) in [5.41, 5.74) is 1.12. The predicted octanol–water partition coefficient (Wildman–Crippen LogP) is 1.94. The van der Waals surface area contributed by atoms with E-state index in [1.165, 1.54) is 12.8 Å². The minimum atomic E-state index is 0.324. The monoisotopic (exact) mass is 221 g/mol. The lowest BCUT2D eigenvalue weighted by atomic mass is 9.90. The Morgan fingerprint density at radius 1 is 1.38 bits per heavy atom. The number of methoxy groups -OCH3 is 1. The van der Waals surface area contributed by atoms with E-state index < -0.39 is 0 Å². The quantitative estimate of drug-likeness (QED) is 0.819. The normalized spacial score (nSPS) is 17.3. The van der Waals surface area contributed by atoms with E-state index in [1.54, 1.807) is 13.2 Å². The van der Waals surface area contributed by atoms with Crippen molar-refractivity contribution in [2.75, 3.05) is 20.2 Å². The summed E-state index contributed by atoms with van der Waals surface area (Å²) >= 11 is 0. The van der Waals surface area contributed by atoms with Gasteiger partial charge in [-0.1, -0.05) is 0 Å². The lowest BCUT2D eigenvalue weighted by Gasteiger charge is -2.23. The lowest BCUT2D eigenvalue weighted by Crippen LogP contribution is -2.28. The van der Waals surface area contributed by atoms with Crippen molar-refractivity contribution in [3.8, 4) is 11.5 Å². The van der Waals surface area contributed by atoms with Gasteiger partial charge < -0.3 is 15.2 Å². The Morgan fingerprint density at radius 2 is 2.12 bits per heavy atom. The molecule has 2 N–H and O–H groups in total. The average Bonchev–Trinajstić information content (AvgIpc) is 2.31. The van der Waals surface area contributed by atoms with Crippen molar-refractivity contribution < 1.29 is 9.84 Å². The first kappa shape index (κ1) is 11.3. The third kappa shape index (κ3) is 2.67. The smallest absolute Gasteiger partial charge is 0.122 e.